The highest BCUT2D eigenvalue weighted by atomic mass is 16.6. The lowest BCUT2D eigenvalue weighted by Crippen LogP contribution is -2.01. The average molecular weight is 286 g/mol. The summed E-state index contributed by atoms with van der Waals surface area (Å²) < 4.78 is 1.92. The van der Waals surface area contributed by atoms with E-state index < -0.39 is 10.9 Å². The van der Waals surface area contributed by atoms with E-state index in [1.165, 1.54) is 18.2 Å². The number of nitro groups is 1. The Morgan fingerprint density at radius 2 is 1.90 bits per heavy atom. The van der Waals surface area contributed by atoms with Crippen LogP contribution in [0.3, 0.4) is 0 Å². The molecule has 1 aromatic carbocycles. The quantitative estimate of drug-likeness (QED) is 0.691. The summed E-state index contributed by atoms with van der Waals surface area (Å²) in [6.45, 7) is 3.75. The van der Waals surface area contributed by atoms with Crippen LogP contribution in [0.2, 0.25) is 0 Å². The summed E-state index contributed by atoms with van der Waals surface area (Å²) in [5.41, 5.74) is 3.56. The lowest BCUT2D eigenvalue weighted by molar-refractivity contribution is -0.400. The number of aromatic carboxylic acids is 1. The molecule has 0 saturated carbocycles. The highest BCUT2D eigenvalue weighted by Gasteiger charge is 2.10. The van der Waals surface area contributed by atoms with Gasteiger partial charge in [-0.15, -0.1) is 0 Å². The molecular weight excluding hydrogens is 272 g/mol. The predicted octanol–water partition coefficient (Wildman–Crippen LogP) is 3.04. The molecule has 2 rings (SSSR count). The molecule has 0 aliphatic heterocycles. The van der Waals surface area contributed by atoms with Crippen LogP contribution in [0.4, 0.5) is 0 Å². The molecule has 0 saturated heterocycles. The largest absolute Gasteiger partial charge is 0.478 e. The van der Waals surface area contributed by atoms with E-state index in [9.17, 15) is 14.9 Å². The lowest BCUT2D eigenvalue weighted by atomic mass is 10.2. The van der Waals surface area contributed by atoms with Gasteiger partial charge in [0.25, 0.3) is 0 Å². The van der Waals surface area contributed by atoms with Crippen molar-refractivity contribution in [2.45, 2.75) is 13.8 Å². The zero-order valence-electron chi connectivity index (χ0n) is 11.6. The number of nitrogens with zero attached hydrogens (tertiary/aromatic N) is 2. The van der Waals surface area contributed by atoms with E-state index in [0.717, 1.165) is 28.8 Å². The molecule has 1 aromatic heterocycles. The number of carboxylic acid groups (broad SMARTS) is 1. The summed E-state index contributed by atoms with van der Waals surface area (Å²) >= 11 is 0. The Morgan fingerprint density at radius 1 is 1.29 bits per heavy atom. The maximum absolute atomic E-state index is 10.9. The predicted molar refractivity (Wildman–Crippen MR) is 78.2 cm³/mol. The third-order valence-electron chi connectivity index (χ3n) is 3.22. The fourth-order valence-electron chi connectivity index (χ4n) is 2.25. The molecule has 0 aliphatic carbocycles. The summed E-state index contributed by atoms with van der Waals surface area (Å²) in [5.74, 6) is -0.975. The van der Waals surface area contributed by atoms with Crippen LogP contribution in [0, 0.1) is 24.0 Å². The van der Waals surface area contributed by atoms with Gasteiger partial charge in [-0.3, -0.25) is 10.1 Å². The number of carboxylic acids is 1. The van der Waals surface area contributed by atoms with E-state index >= 15 is 0 Å². The van der Waals surface area contributed by atoms with Crippen molar-refractivity contribution >= 4 is 12.0 Å². The number of rotatable bonds is 4. The Labute approximate surface area is 121 Å². The molecule has 21 heavy (non-hydrogen) atoms. The zero-order valence-corrected chi connectivity index (χ0v) is 11.6. The van der Waals surface area contributed by atoms with Gasteiger partial charge in [0.2, 0.25) is 6.20 Å². The van der Waals surface area contributed by atoms with Gasteiger partial charge < -0.3 is 9.67 Å². The first-order valence-corrected chi connectivity index (χ1v) is 6.24. The van der Waals surface area contributed by atoms with Crippen molar-refractivity contribution in [3.05, 3.63) is 69.2 Å². The van der Waals surface area contributed by atoms with Crippen LogP contribution in [-0.4, -0.2) is 20.6 Å². The molecule has 0 atom stereocenters. The first-order chi connectivity index (χ1) is 9.90. The van der Waals surface area contributed by atoms with Crippen molar-refractivity contribution in [1.82, 2.24) is 4.57 Å². The Kier molecular flexibility index (Phi) is 3.89. The van der Waals surface area contributed by atoms with Gasteiger partial charge in [0.15, 0.2) is 0 Å². The van der Waals surface area contributed by atoms with Crippen LogP contribution in [-0.2, 0) is 0 Å². The van der Waals surface area contributed by atoms with Crippen molar-refractivity contribution in [2.24, 2.45) is 0 Å². The topological polar surface area (TPSA) is 85.4 Å². The fourth-order valence-corrected chi connectivity index (χ4v) is 2.25. The van der Waals surface area contributed by atoms with Crippen LogP contribution in [0.25, 0.3) is 11.8 Å². The van der Waals surface area contributed by atoms with E-state index in [2.05, 4.69) is 0 Å². The van der Waals surface area contributed by atoms with Crippen molar-refractivity contribution in [3.63, 3.8) is 0 Å². The van der Waals surface area contributed by atoms with Gasteiger partial charge in [0.05, 0.1) is 10.5 Å². The highest BCUT2D eigenvalue weighted by molar-refractivity contribution is 5.87. The molecule has 1 N–H and O–H groups in total. The summed E-state index contributed by atoms with van der Waals surface area (Å²) in [4.78, 5) is 20.8. The summed E-state index contributed by atoms with van der Waals surface area (Å²) in [7, 11) is 0. The lowest BCUT2D eigenvalue weighted by Gasteiger charge is -2.09. The van der Waals surface area contributed by atoms with Crippen molar-refractivity contribution in [1.29, 1.82) is 0 Å². The maximum atomic E-state index is 10.9. The number of carbonyl (C=O) groups is 1. The van der Waals surface area contributed by atoms with E-state index in [1.54, 1.807) is 12.1 Å². The summed E-state index contributed by atoms with van der Waals surface area (Å²) in [5, 5.41) is 19.3. The zero-order chi connectivity index (χ0) is 15.6. The number of aryl methyl sites for hydroxylation is 1. The summed E-state index contributed by atoms with van der Waals surface area (Å²) in [6, 6.07) is 8.33. The molecule has 6 nitrogen and oxygen atoms in total. The average Bonchev–Trinajstić information content (AvgIpc) is 2.71. The minimum Gasteiger partial charge on any atom is -0.478 e. The fraction of sp³-hybridized carbons (Fsp3) is 0.133. The Morgan fingerprint density at radius 3 is 2.43 bits per heavy atom. The number of hydrogen-bond acceptors (Lipinski definition) is 3. The second-order valence-corrected chi connectivity index (χ2v) is 4.61. The van der Waals surface area contributed by atoms with E-state index in [-0.39, 0.29) is 5.56 Å². The molecule has 2 aromatic rings. The van der Waals surface area contributed by atoms with Gasteiger partial charge in [-0.05, 0) is 44.2 Å². The van der Waals surface area contributed by atoms with Crippen molar-refractivity contribution in [2.75, 3.05) is 0 Å². The molecule has 0 radical (unpaired) electrons. The Balaban J connectivity index is 2.44. The smallest absolute Gasteiger partial charge is 0.335 e. The Bertz CT molecular complexity index is 727. The molecule has 1 heterocycles. The summed E-state index contributed by atoms with van der Waals surface area (Å²) in [6.07, 6.45) is 2.35. The second-order valence-electron chi connectivity index (χ2n) is 4.61. The monoisotopic (exact) mass is 286 g/mol. The minimum atomic E-state index is -0.975. The van der Waals surface area contributed by atoms with E-state index in [0.29, 0.717) is 0 Å². The van der Waals surface area contributed by atoms with Crippen molar-refractivity contribution < 1.29 is 14.8 Å². The molecule has 0 amide bonds. The molecule has 0 unspecified atom stereocenters. The van der Waals surface area contributed by atoms with Crippen LogP contribution in [0.15, 0.2) is 36.5 Å². The normalized spacial score (nSPS) is 11.0. The van der Waals surface area contributed by atoms with Gasteiger partial charge in [-0.2, -0.15) is 0 Å². The molecule has 0 bridgehead atoms. The number of benzene rings is 1. The molecule has 108 valence electrons. The first-order valence-electron chi connectivity index (χ1n) is 6.24. The van der Waals surface area contributed by atoms with Gasteiger partial charge in [0, 0.05) is 28.7 Å². The maximum Gasteiger partial charge on any atom is 0.335 e. The molecule has 0 aliphatic rings. The second kappa shape index (κ2) is 5.62. The molecule has 6 heteroatoms. The highest BCUT2D eigenvalue weighted by Crippen LogP contribution is 2.22. The number of aromatic nitrogens is 1. The third-order valence-corrected chi connectivity index (χ3v) is 3.22. The molecular formula is C15H14N2O4. The molecule has 0 spiro atoms. The minimum absolute atomic E-state index is 0.217. The van der Waals surface area contributed by atoms with Gasteiger partial charge >= 0.3 is 5.97 Å². The Hall–Kier alpha value is -2.89. The molecule has 0 fully saturated rings. The van der Waals surface area contributed by atoms with Crippen LogP contribution < -0.4 is 0 Å². The van der Waals surface area contributed by atoms with E-state index in [1.807, 2.05) is 24.5 Å². The van der Waals surface area contributed by atoms with Crippen molar-refractivity contribution in [3.8, 4) is 5.69 Å². The van der Waals surface area contributed by atoms with Gasteiger partial charge in [-0.25, -0.2) is 4.79 Å². The third kappa shape index (κ3) is 3.00. The SMILES string of the molecule is Cc1cc(C=C[N+](=O)[O-])c(C)n1-c1ccc(C(=O)O)cc1. The van der Waals surface area contributed by atoms with Gasteiger partial charge in [0.1, 0.15) is 0 Å². The van der Waals surface area contributed by atoms with E-state index in [4.69, 9.17) is 5.11 Å². The van der Waals surface area contributed by atoms with Crippen LogP contribution in [0.5, 0.6) is 0 Å². The van der Waals surface area contributed by atoms with Crippen LogP contribution in [0.1, 0.15) is 27.3 Å². The number of hydrogen-bond donors (Lipinski definition) is 1. The van der Waals surface area contributed by atoms with Crippen LogP contribution >= 0.6 is 0 Å². The van der Waals surface area contributed by atoms with Gasteiger partial charge in [-0.1, -0.05) is 0 Å². The standard InChI is InChI=1S/C15H14N2O4/c1-10-9-13(7-8-16(20)21)11(2)17(10)14-5-3-12(4-6-14)15(18)19/h3-9H,1-2H3,(H,18,19). The first kappa shape index (κ1) is 14.5.